The van der Waals surface area contributed by atoms with E-state index in [1.54, 1.807) is 6.92 Å². The summed E-state index contributed by atoms with van der Waals surface area (Å²) in [6.45, 7) is 3.11. The van der Waals surface area contributed by atoms with Crippen molar-refractivity contribution in [3.8, 4) is 16.9 Å². The van der Waals surface area contributed by atoms with Crippen molar-refractivity contribution < 1.29 is 27.8 Å². The molecule has 0 amide bonds. The van der Waals surface area contributed by atoms with Crippen molar-refractivity contribution in [2.24, 2.45) is 0 Å². The largest absolute Gasteiger partial charge is 0.494 e. The van der Waals surface area contributed by atoms with Gasteiger partial charge in [-0.05, 0) is 53.8 Å². The molecule has 3 rings (SSSR count). The molecular weight excluding hydrogens is 405 g/mol. The van der Waals surface area contributed by atoms with Crippen molar-refractivity contribution in [2.45, 2.75) is 32.2 Å². The minimum atomic E-state index is -4.90. The summed E-state index contributed by atoms with van der Waals surface area (Å²) < 4.78 is 52.0. The molecule has 0 fully saturated rings. The predicted octanol–water partition coefficient (Wildman–Crippen LogP) is 6.03. The third kappa shape index (κ3) is 5.09. The molecule has 0 saturated carbocycles. The van der Waals surface area contributed by atoms with Crippen molar-refractivity contribution in [3.05, 3.63) is 89.5 Å². The van der Waals surface area contributed by atoms with Crippen LogP contribution in [0.5, 0.6) is 5.75 Å². The van der Waals surface area contributed by atoms with Gasteiger partial charge in [-0.2, -0.15) is 13.2 Å². The van der Waals surface area contributed by atoms with Gasteiger partial charge < -0.3 is 14.6 Å². The van der Waals surface area contributed by atoms with E-state index in [4.69, 9.17) is 9.47 Å². The van der Waals surface area contributed by atoms with E-state index >= 15 is 0 Å². The second-order valence-corrected chi connectivity index (χ2v) is 7.26. The highest BCUT2D eigenvalue weighted by Crippen LogP contribution is 2.40. The van der Waals surface area contributed by atoms with Gasteiger partial charge in [-0.3, -0.25) is 0 Å². The lowest BCUT2D eigenvalue weighted by Crippen LogP contribution is -2.46. The fourth-order valence-corrected chi connectivity index (χ4v) is 3.40. The monoisotopic (exact) mass is 430 g/mol. The molecule has 0 aromatic heterocycles. The first-order valence-electron chi connectivity index (χ1n) is 10.0. The van der Waals surface area contributed by atoms with Crippen molar-refractivity contribution in [1.29, 1.82) is 0 Å². The van der Waals surface area contributed by atoms with E-state index in [2.05, 4.69) is 0 Å². The first-order chi connectivity index (χ1) is 14.8. The maximum absolute atomic E-state index is 13.8. The van der Waals surface area contributed by atoms with Gasteiger partial charge in [0.05, 0.1) is 19.8 Å². The van der Waals surface area contributed by atoms with Crippen molar-refractivity contribution in [2.75, 3.05) is 13.2 Å². The standard InChI is InChI=1S/C25H25F3O3/c1-3-31-22-14-12-21(13-15-22)24(29,25(26,27)28)17-30-16-20-10-7-11-23(18(20)2)19-8-5-4-6-9-19/h4-15,29H,3,16-17H2,1-2H3. The predicted molar refractivity (Wildman–Crippen MR) is 114 cm³/mol. The van der Waals surface area contributed by atoms with E-state index in [9.17, 15) is 18.3 Å². The van der Waals surface area contributed by atoms with Crippen LogP contribution in [-0.4, -0.2) is 24.5 Å². The maximum Gasteiger partial charge on any atom is 0.423 e. The van der Waals surface area contributed by atoms with Crippen LogP contribution in [0.15, 0.2) is 72.8 Å². The molecule has 0 heterocycles. The molecule has 3 aromatic carbocycles. The number of hydrogen-bond donors (Lipinski definition) is 1. The normalized spacial score (nSPS) is 13.6. The van der Waals surface area contributed by atoms with E-state index < -0.39 is 18.4 Å². The third-order valence-corrected chi connectivity index (χ3v) is 5.21. The van der Waals surface area contributed by atoms with Crippen LogP contribution in [0.3, 0.4) is 0 Å². The number of alkyl halides is 3. The Morgan fingerprint density at radius 2 is 1.55 bits per heavy atom. The van der Waals surface area contributed by atoms with Crippen LogP contribution in [0.25, 0.3) is 11.1 Å². The SMILES string of the molecule is CCOc1ccc(C(O)(COCc2cccc(-c3ccccc3)c2C)C(F)(F)F)cc1. The molecule has 0 radical (unpaired) electrons. The summed E-state index contributed by atoms with van der Waals surface area (Å²) in [4.78, 5) is 0. The topological polar surface area (TPSA) is 38.7 Å². The molecule has 3 nitrogen and oxygen atoms in total. The van der Waals surface area contributed by atoms with E-state index in [1.807, 2.05) is 55.5 Å². The summed E-state index contributed by atoms with van der Waals surface area (Å²) in [5.74, 6) is 0.435. The van der Waals surface area contributed by atoms with Gasteiger partial charge >= 0.3 is 6.18 Å². The van der Waals surface area contributed by atoms with Crippen molar-refractivity contribution in [3.63, 3.8) is 0 Å². The van der Waals surface area contributed by atoms with Gasteiger partial charge in [-0.15, -0.1) is 0 Å². The highest BCUT2D eigenvalue weighted by Gasteiger charge is 2.55. The zero-order valence-corrected chi connectivity index (χ0v) is 17.4. The Kier molecular flexibility index (Phi) is 7.03. The molecule has 0 aliphatic carbocycles. The average molecular weight is 430 g/mol. The van der Waals surface area contributed by atoms with Crippen molar-refractivity contribution >= 4 is 0 Å². The Morgan fingerprint density at radius 1 is 0.871 bits per heavy atom. The van der Waals surface area contributed by atoms with E-state index in [0.29, 0.717) is 12.4 Å². The first kappa shape index (κ1) is 22.8. The molecule has 0 saturated heterocycles. The third-order valence-electron chi connectivity index (χ3n) is 5.21. The summed E-state index contributed by atoms with van der Waals surface area (Å²) in [5, 5.41) is 10.5. The molecule has 0 aliphatic rings. The van der Waals surface area contributed by atoms with Gasteiger partial charge in [0.2, 0.25) is 5.60 Å². The van der Waals surface area contributed by atoms with Gasteiger partial charge in [-0.25, -0.2) is 0 Å². The molecule has 0 aliphatic heterocycles. The van der Waals surface area contributed by atoms with Gasteiger partial charge in [0.1, 0.15) is 5.75 Å². The second kappa shape index (κ2) is 9.54. The first-order valence-corrected chi connectivity index (χ1v) is 10.0. The Morgan fingerprint density at radius 3 is 2.16 bits per heavy atom. The highest BCUT2D eigenvalue weighted by atomic mass is 19.4. The summed E-state index contributed by atoms with van der Waals surface area (Å²) in [5.41, 5.74) is 0.270. The molecule has 1 atom stereocenters. The zero-order chi connectivity index (χ0) is 22.5. The summed E-state index contributed by atoms with van der Waals surface area (Å²) in [7, 11) is 0. The molecule has 31 heavy (non-hydrogen) atoms. The van der Waals surface area contributed by atoms with E-state index in [1.165, 1.54) is 24.3 Å². The Labute approximate surface area is 180 Å². The number of benzene rings is 3. The second-order valence-electron chi connectivity index (χ2n) is 7.26. The van der Waals surface area contributed by atoms with E-state index in [0.717, 1.165) is 22.3 Å². The minimum Gasteiger partial charge on any atom is -0.494 e. The van der Waals surface area contributed by atoms with E-state index in [-0.39, 0.29) is 12.2 Å². The Bertz CT molecular complexity index is 985. The van der Waals surface area contributed by atoms with Gasteiger partial charge in [0.15, 0.2) is 0 Å². The summed E-state index contributed by atoms with van der Waals surface area (Å²) in [6.07, 6.45) is -4.90. The molecule has 0 spiro atoms. The summed E-state index contributed by atoms with van der Waals surface area (Å²) >= 11 is 0. The molecule has 0 bridgehead atoms. The van der Waals surface area contributed by atoms with Crippen LogP contribution < -0.4 is 4.74 Å². The van der Waals surface area contributed by atoms with Crippen molar-refractivity contribution in [1.82, 2.24) is 0 Å². The molecular formula is C25H25F3O3. The molecule has 1 N–H and O–H groups in total. The average Bonchev–Trinajstić information content (AvgIpc) is 2.75. The number of ether oxygens (including phenoxy) is 2. The number of rotatable bonds is 8. The summed E-state index contributed by atoms with van der Waals surface area (Å²) in [6, 6.07) is 20.6. The highest BCUT2D eigenvalue weighted by molar-refractivity contribution is 5.68. The number of hydrogen-bond acceptors (Lipinski definition) is 3. The fourth-order valence-electron chi connectivity index (χ4n) is 3.40. The Hall–Kier alpha value is -2.83. The van der Waals surface area contributed by atoms with Crippen LogP contribution in [0.4, 0.5) is 13.2 Å². The van der Waals surface area contributed by atoms with Gasteiger partial charge in [0.25, 0.3) is 0 Å². The molecule has 3 aromatic rings. The lowest BCUT2D eigenvalue weighted by Gasteiger charge is -2.31. The molecule has 164 valence electrons. The lowest BCUT2D eigenvalue weighted by molar-refractivity contribution is -0.283. The van der Waals surface area contributed by atoms with Gasteiger partial charge in [0, 0.05) is 0 Å². The van der Waals surface area contributed by atoms with Crippen LogP contribution in [-0.2, 0) is 16.9 Å². The zero-order valence-electron chi connectivity index (χ0n) is 17.4. The smallest absolute Gasteiger partial charge is 0.423 e. The van der Waals surface area contributed by atoms with Crippen LogP contribution in [0, 0.1) is 6.92 Å². The van der Waals surface area contributed by atoms with Gasteiger partial charge in [-0.1, -0.05) is 60.7 Å². The fraction of sp³-hybridized carbons (Fsp3) is 0.280. The minimum absolute atomic E-state index is 0.0536. The quantitative estimate of drug-likeness (QED) is 0.474. The lowest BCUT2D eigenvalue weighted by atomic mass is 9.93. The molecule has 1 unspecified atom stereocenters. The number of halogens is 3. The van der Waals surface area contributed by atoms with Crippen LogP contribution in [0.1, 0.15) is 23.6 Å². The van der Waals surface area contributed by atoms with Crippen LogP contribution in [0.2, 0.25) is 0 Å². The Balaban J connectivity index is 1.78. The van der Waals surface area contributed by atoms with Crippen LogP contribution >= 0.6 is 0 Å². The molecule has 6 heteroatoms. The maximum atomic E-state index is 13.8. The number of aliphatic hydroxyl groups is 1.